The Labute approximate surface area is 166 Å². The van der Waals surface area contributed by atoms with Gasteiger partial charge in [-0.25, -0.2) is 0 Å². The highest BCUT2D eigenvalue weighted by Crippen LogP contribution is 2.38. The number of ether oxygens (including phenoxy) is 2. The van der Waals surface area contributed by atoms with E-state index in [-0.39, 0.29) is 17.9 Å². The maximum atomic E-state index is 12.6. The van der Waals surface area contributed by atoms with Gasteiger partial charge in [-0.2, -0.15) is 0 Å². The summed E-state index contributed by atoms with van der Waals surface area (Å²) in [5.41, 5.74) is -0.913. The van der Waals surface area contributed by atoms with Gasteiger partial charge < -0.3 is 9.47 Å². The molecule has 0 bridgehead atoms. The van der Waals surface area contributed by atoms with Gasteiger partial charge in [0.2, 0.25) is 0 Å². The molecule has 0 aliphatic heterocycles. The van der Waals surface area contributed by atoms with E-state index in [2.05, 4.69) is 6.92 Å². The van der Waals surface area contributed by atoms with Gasteiger partial charge in [0.15, 0.2) is 0 Å². The van der Waals surface area contributed by atoms with Crippen molar-refractivity contribution in [1.82, 2.24) is 0 Å². The molecule has 27 heavy (non-hydrogen) atoms. The minimum absolute atomic E-state index is 0.258. The van der Waals surface area contributed by atoms with E-state index in [1.807, 2.05) is 26.0 Å². The van der Waals surface area contributed by atoms with Crippen molar-refractivity contribution in [1.29, 1.82) is 0 Å². The van der Waals surface area contributed by atoms with Crippen LogP contribution in [0.15, 0.2) is 12.2 Å². The summed E-state index contributed by atoms with van der Waals surface area (Å²) in [5, 5.41) is 0. The SMILES string of the molecule is CCCCCCCCCCOC(=O)C1CCC=CC1(C)C(=O)OCC(C)C. The number of allylic oxidation sites excluding steroid dienone is 1. The molecule has 2 atom stereocenters. The van der Waals surface area contributed by atoms with Crippen molar-refractivity contribution in [2.75, 3.05) is 13.2 Å². The van der Waals surface area contributed by atoms with Crippen LogP contribution in [-0.2, 0) is 19.1 Å². The standard InChI is InChI=1S/C23H40O4/c1-5-6-7-8-9-10-11-14-17-26-21(24)20-15-12-13-16-23(20,4)22(25)27-18-19(2)3/h13,16,19-20H,5-12,14-15,17-18H2,1-4H3. The zero-order chi connectivity index (χ0) is 20.1. The summed E-state index contributed by atoms with van der Waals surface area (Å²) in [4.78, 5) is 25.2. The number of esters is 2. The number of carbonyl (C=O) groups is 2. The molecule has 0 fully saturated rings. The fraction of sp³-hybridized carbons (Fsp3) is 0.826. The van der Waals surface area contributed by atoms with Gasteiger partial charge in [0.1, 0.15) is 0 Å². The summed E-state index contributed by atoms with van der Waals surface area (Å²) in [7, 11) is 0. The first kappa shape index (κ1) is 23.7. The molecule has 0 aromatic carbocycles. The van der Waals surface area contributed by atoms with Crippen molar-refractivity contribution < 1.29 is 19.1 Å². The molecule has 1 rings (SSSR count). The largest absolute Gasteiger partial charge is 0.465 e. The van der Waals surface area contributed by atoms with Gasteiger partial charge >= 0.3 is 11.9 Å². The van der Waals surface area contributed by atoms with Gasteiger partial charge in [-0.1, -0.05) is 77.9 Å². The third-order valence-electron chi connectivity index (χ3n) is 5.32. The van der Waals surface area contributed by atoms with Crippen molar-refractivity contribution in [3.63, 3.8) is 0 Å². The van der Waals surface area contributed by atoms with E-state index in [1.54, 1.807) is 6.92 Å². The average molecular weight is 381 g/mol. The Hall–Kier alpha value is -1.32. The van der Waals surface area contributed by atoms with Crippen LogP contribution in [0.25, 0.3) is 0 Å². The lowest BCUT2D eigenvalue weighted by atomic mass is 9.71. The Bertz CT molecular complexity index is 469. The fourth-order valence-corrected chi connectivity index (χ4v) is 3.49. The van der Waals surface area contributed by atoms with Crippen molar-refractivity contribution >= 4 is 11.9 Å². The average Bonchev–Trinajstić information content (AvgIpc) is 2.64. The van der Waals surface area contributed by atoms with Crippen molar-refractivity contribution in [3.05, 3.63) is 12.2 Å². The van der Waals surface area contributed by atoms with E-state index < -0.39 is 11.3 Å². The highest BCUT2D eigenvalue weighted by molar-refractivity contribution is 5.87. The van der Waals surface area contributed by atoms with Crippen LogP contribution in [0.5, 0.6) is 0 Å². The summed E-state index contributed by atoms with van der Waals surface area (Å²) in [6.45, 7) is 8.86. The van der Waals surface area contributed by atoms with Crippen LogP contribution in [0.4, 0.5) is 0 Å². The molecule has 0 spiro atoms. The summed E-state index contributed by atoms with van der Waals surface area (Å²) >= 11 is 0. The Morgan fingerprint density at radius 1 is 1.04 bits per heavy atom. The summed E-state index contributed by atoms with van der Waals surface area (Å²) in [6.07, 6.45) is 14.9. The minimum atomic E-state index is -0.913. The van der Waals surface area contributed by atoms with Crippen LogP contribution in [-0.4, -0.2) is 25.2 Å². The first-order valence-electron chi connectivity index (χ1n) is 10.9. The zero-order valence-electron chi connectivity index (χ0n) is 17.9. The molecule has 0 heterocycles. The number of carbonyl (C=O) groups excluding carboxylic acids is 2. The number of hydrogen-bond acceptors (Lipinski definition) is 4. The molecule has 0 N–H and O–H groups in total. The maximum Gasteiger partial charge on any atom is 0.316 e. The summed E-state index contributed by atoms with van der Waals surface area (Å²) < 4.78 is 10.9. The summed E-state index contributed by atoms with van der Waals surface area (Å²) in [5.74, 6) is -0.749. The minimum Gasteiger partial charge on any atom is -0.465 e. The first-order chi connectivity index (χ1) is 12.9. The monoisotopic (exact) mass is 380 g/mol. The van der Waals surface area contributed by atoms with E-state index >= 15 is 0 Å². The van der Waals surface area contributed by atoms with Crippen LogP contribution >= 0.6 is 0 Å². The molecule has 0 aromatic rings. The first-order valence-corrected chi connectivity index (χ1v) is 10.9. The number of rotatable bonds is 13. The lowest BCUT2D eigenvalue weighted by molar-refractivity contribution is -0.166. The molecule has 4 heteroatoms. The Morgan fingerprint density at radius 3 is 2.30 bits per heavy atom. The highest BCUT2D eigenvalue weighted by atomic mass is 16.5. The van der Waals surface area contributed by atoms with Gasteiger partial charge in [0.25, 0.3) is 0 Å². The van der Waals surface area contributed by atoms with E-state index in [0.29, 0.717) is 19.6 Å². The molecule has 0 amide bonds. The molecule has 0 radical (unpaired) electrons. The summed E-state index contributed by atoms with van der Waals surface area (Å²) in [6, 6.07) is 0. The molecule has 0 aromatic heterocycles. The van der Waals surface area contributed by atoms with Gasteiger partial charge in [-0.05, 0) is 32.1 Å². The molecule has 156 valence electrons. The molecular weight excluding hydrogens is 340 g/mol. The molecule has 1 aliphatic carbocycles. The van der Waals surface area contributed by atoms with Gasteiger partial charge in [-0.15, -0.1) is 0 Å². The molecule has 1 aliphatic rings. The topological polar surface area (TPSA) is 52.6 Å². The van der Waals surface area contributed by atoms with E-state index in [1.165, 1.54) is 38.5 Å². The van der Waals surface area contributed by atoms with Crippen molar-refractivity contribution in [2.45, 2.75) is 91.9 Å². The molecular formula is C23H40O4. The van der Waals surface area contributed by atoms with Crippen LogP contribution in [0.3, 0.4) is 0 Å². The quantitative estimate of drug-likeness (QED) is 0.229. The third-order valence-corrected chi connectivity index (χ3v) is 5.32. The van der Waals surface area contributed by atoms with Crippen LogP contribution in [0.2, 0.25) is 0 Å². The van der Waals surface area contributed by atoms with Crippen molar-refractivity contribution in [2.24, 2.45) is 17.3 Å². The molecule has 0 saturated carbocycles. The molecule has 4 nitrogen and oxygen atoms in total. The number of hydrogen-bond donors (Lipinski definition) is 0. The van der Waals surface area contributed by atoms with Crippen LogP contribution < -0.4 is 0 Å². The van der Waals surface area contributed by atoms with Crippen molar-refractivity contribution in [3.8, 4) is 0 Å². The third kappa shape index (κ3) is 8.49. The van der Waals surface area contributed by atoms with E-state index in [9.17, 15) is 9.59 Å². The Balaban J connectivity index is 2.36. The van der Waals surface area contributed by atoms with Gasteiger partial charge in [0.05, 0.1) is 24.5 Å². The van der Waals surface area contributed by atoms with Gasteiger partial charge in [-0.3, -0.25) is 9.59 Å². The second-order valence-electron chi connectivity index (χ2n) is 8.45. The highest BCUT2D eigenvalue weighted by Gasteiger charge is 2.46. The second-order valence-corrected chi connectivity index (χ2v) is 8.45. The predicted octanol–water partition coefficient (Wildman–Crippen LogP) is 5.84. The fourth-order valence-electron chi connectivity index (χ4n) is 3.49. The van der Waals surface area contributed by atoms with E-state index in [4.69, 9.17) is 9.47 Å². The second kappa shape index (κ2) is 13.0. The van der Waals surface area contributed by atoms with Crippen LogP contribution in [0.1, 0.15) is 91.9 Å². The zero-order valence-corrected chi connectivity index (χ0v) is 17.9. The molecule has 0 saturated heterocycles. The normalized spacial score (nSPS) is 22.0. The predicted molar refractivity (Wildman–Crippen MR) is 109 cm³/mol. The lowest BCUT2D eigenvalue weighted by Crippen LogP contribution is -2.42. The number of unbranched alkanes of at least 4 members (excludes halogenated alkanes) is 7. The van der Waals surface area contributed by atoms with E-state index in [0.717, 1.165) is 19.3 Å². The smallest absolute Gasteiger partial charge is 0.316 e. The molecule has 2 unspecified atom stereocenters. The lowest BCUT2D eigenvalue weighted by Gasteiger charge is -2.34. The Morgan fingerprint density at radius 2 is 1.67 bits per heavy atom. The Kier molecular flexibility index (Phi) is 11.4. The van der Waals surface area contributed by atoms with Gasteiger partial charge in [0, 0.05) is 0 Å². The maximum absolute atomic E-state index is 12.6. The van der Waals surface area contributed by atoms with Crippen LogP contribution in [0, 0.1) is 17.3 Å².